The van der Waals surface area contributed by atoms with Crippen molar-refractivity contribution >= 4 is 5.91 Å². The zero-order chi connectivity index (χ0) is 20.6. The summed E-state index contributed by atoms with van der Waals surface area (Å²) in [6.07, 6.45) is 10.1. The number of piperidine rings is 1. The van der Waals surface area contributed by atoms with Crippen molar-refractivity contribution in [3.8, 4) is 0 Å². The van der Waals surface area contributed by atoms with Gasteiger partial charge < -0.3 is 14.2 Å². The number of amides is 1. The first-order valence-corrected chi connectivity index (χ1v) is 11.4. The average Bonchev–Trinajstić information content (AvgIpc) is 3.37. The molecule has 3 fully saturated rings. The number of ether oxygens (including phenoxy) is 1. The molecule has 0 N–H and O–H groups in total. The zero-order valence-electron chi connectivity index (χ0n) is 17.8. The van der Waals surface area contributed by atoms with Gasteiger partial charge in [-0.25, -0.2) is 0 Å². The van der Waals surface area contributed by atoms with Crippen molar-refractivity contribution in [2.45, 2.75) is 76.4 Å². The van der Waals surface area contributed by atoms with E-state index >= 15 is 0 Å². The minimum Gasteiger partial charge on any atom is -0.375 e. The minimum absolute atomic E-state index is 0.0275. The van der Waals surface area contributed by atoms with Gasteiger partial charge in [-0.2, -0.15) is 10.1 Å². The topological polar surface area (TPSA) is 86.3 Å². The first-order valence-electron chi connectivity index (χ1n) is 11.4. The Morgan fingerprint density at radius 2 is 2.10 bits per heavy atom. The number of hydrogen-bond acceptors (Lipinski definition) is 6. The summed E-state index contributed by atoms with van der Waals surface area (Å²) < 4.78 is 13.6. The van der Waals surface area contributed by atoms with E-state index in [2.05, 4.69) is 15.2 Å². The van der Waals surface area contributed by atoms with Crippen molar-refractivity contribution in [2.24, 2.45) is 5.92 Å². The summed E-state index contributed by atoms with van der Waals surface area (Å²) in [6, 6.07) is 1.81. The molecule has 0 bridgehead atoms. The van der Waals surface area contributed by atoms with Crippen LogP contribution in [0.4, 0.5) is 0 Å². The normalized spacial score (nSPS) is 24.2. The molecule has 1 aliphatic carbocycles. The Kier molecular flexibility index (Phi) is 5.35. The van der Waals surface area contributed by atoms with Gasteiger partial charge in [-0.3, -0.25) is 9.48 Å². The molecule has 3 aliphatic rings. The number of carbonyl (C=O) groups is 1. The zero-order valence-corrected chi connectivity index (χ0v) is 17.8. The third kappa shape index (κ3) is 3.89. The Balaban J connectivity index is 1.17. The molecule has 1 atom stereocenters. The second-order valence-electron chi connectivity index (χ2n) is 9.12. The smallest absolute Gasteiger partial charge is 0.274 e. The van der Waals surface area contributed by atoms with Crippen LogP contribution in [-0.2, 0) is 17.7 Å². The highest BCUT2D eigenvalue weighted by Gasteiger charge is 2.41. The predicted octanol–water partition coefficient (Wildman–Crippen LogP) is 3.20. The number of rotatable bonds is 5. The van der Waals surface area contributed by atoms with Crippen LogP contribution in [0.5, 0.6) is 0 Å². The second-order valence-corrected chi connectivity index (χ2v) is 9.12. The SMILES string of the molecule is CCn1ccc(C(=O)N2CCC3(CC2)CC(Cc2noc(C4CCC4)n2)CCO3)n1. The summed E-state index contributed by atoms with van der Waals surface area (Å²) in [4.78, 5) is 19.4. The van der Waals surface area contributed by atoms with Gasteiger partial charge in [0.2, 0.25) is 5.89 Å². The van der Waals surface area contributed by atoms with Gasteiger partial charge in [-0.05, 0) is 57.4 Å². The highest BCUT2D eigenvalue weighted by Crippen LogP contribution is 2.39. The summed E-state index contributed by atoms with van der Waals surface area (Å²) in [5.74, 6) is 2.69. The molecule has 1 unspecified atom stereocenters. The van der Waals surface area contributed by atoms with Gasteiger partial charge in [0.05, 0.1) is 5.60 Å². The van der Waals surface area contributed by atoms with Crippen molar-refractivity contribution in [3.05, 3.63) is 29.7 Å². The van der Waals surface area contributed by atoms with Gasteiger partial charge >= 0.3 is 0 Å². The molecule has 2 aromatic heterocycles. The van der Waals surface area contributed by atoms with E-state index in [0.717, 1.165) is 70.1 Å². The molecule has 1 spiro atoms. The van der Waals surface area contributed by atoms with E-state index in [-0.39, 0.29) is 11.5 Å². The number of aromatic nitrogens is 4. The maximum absolute atomic E-state index is 12.8. The minimum atomic E-state index is -0.122. The van der Waals surface area contributed by atoms with Gasteiger partial charge in [-0.1, -0.05) is 11.6 Å². The molecule has 2 aromatic rings. The maximum Gasteiger partial charge on any atom is 0.274 e. The van der Waals surface area contributed by atoms with E-state index in [0.29, 0.717) is 17.5 Å². The van der Waals surface area contributed by atoms with Crippen LogP contribution in [0.2, 0.25) is 0 Å². The van der Waals surface area contributed by atoms with Gasteiger partial charge in [0.15, 0.2) is 5.82 Å². The lowest BCUT2D eigenvalue weighted by atomic mass is 9.78. The lowest BCUT2D eigenvalue weighted by molar-refractivity contribution is -0.123. The van der Waals surface area contributed by atoms with Crippen molar-refractivity contribution < 1.29 is 14.1 Å². The lowest BCUT2D eigenvalue weighted by Gasteiger charge is -2.46. The Hall–Kier alpha value is -2.22. The Bertz CT molecular complexity index is 879. The maximum atomic E-state index is 12.8. The Morgan fingerprint density at radius 1 is 1.27 bits per heavy atom. The van der Waals surface area contributed by atoms with Gasteiger partial charge in [-0.15, -0.1) is 0 Å². The number of hydrogen-bond donors (Lipinski definition) is 0. The van der Waals surface area contributed by atoms with E-state index in [1.165, 1.54) is 19.3 Å². The Labute approximate surface area is 177 Å². The number of aryl methyl sites for hydroxylation is 1. The summed E-state index contributed by atoms with van der Waals surface area (Å²) in [7, 11) is 0. The number of likely N-dealkylation sites (tertiary alicyclic amines) is 1. The highest BCUT2D eigenvalue weighted by atomic mass is 16.5. The van der Waals surface area contributed by atoms with Crippen LogP contribution in [-0.4, -0.2) is 56.0 Å². The van der Waals surface area contributed by atoms with Crippen molar-refractivity contribution in [3.63, 3.8) is 0 Å². The molecular formula is C22H31N5O3. The molecule has 162 valence electrons. The molecule has 0 radical (unpaired) electrons. The van der Waals surface area contributed by atoms with E-state index in [1.807, 2.05) is 24.1 Å². The molecule has 0 aromatic carbocycles. The monoisotopic (exact) mass is 413 g/mol. The van der Waals surface area contributed by atoms with Crippen LogP contribution in [0.3, 0.4) is 0 Å². The summed E-state index contributed by atoms with van der Waals surface area (Å²) in [6.45, 7) is 5.00. The second kappa shape index (κ2) is 8.13. The fourth-order valence-corrected chi connectivity index (χ4v) is 5.01. The molecule has 4 heterocycles. The summed E-state index contributed by atoms with van der Waals surface area (Å²) >= 11 is 0. The summed E-state index contributed by atoms with van der Waals surface area (Å²) in [5, 5.41) is 8.60. The predicted molar refractivity (Wildman–Crippen MR) is 109 cm³/mol. The van der Waals surface area contributed by atoms with Crippen LogP contribution < -0.4 is 0 Å². The van der Waals surface area contributed by atoms with Crippen molar-refractivity contribution in [1.29, 1.82) is 0 Å². The van der Waals surface area contributed by atoms with E-state index < -0.39 is 0 Å². The highest BCUT2D eigenvalue weighted by molar-refractivity contribution is 5.92. The van der Waals surface area contributed by atoms with Crippen LogP contribution >= 0.6 is 0 Å². The average molecular weight is 414 g/mol. The van der Waals surface area contributed by atoms with E-state index in [9.17, 15) is 4.79 Å². The van der Waals surface area contributed by atoms with E-state index in [4.69, 9.17) is 9.26 Å². The molecule has 5 rings (SSSR count). The lowest BCUT2D eigenvalue weighted by Crippen LogP contribution is -2.51. The quantitative estimate of drug-likeness (QED) is 0.748. The first-order chi connectivity index (χ1) is 14.6. The molecule has 2 aliphatic heterocycles. The van der Waals surface area contributed by atoms with Crippen molar-refractivity contribution in [1.82, 2.24) is 24.8 Å². The molecule has 30 heavy (non-hydrogen) atoms. The fourth-order valence-electron chi connectivity index (χ4n) is 5.01. The van der Waals surface area contributed by atoms with E-state index in [1.54, 1.807) is 4.68 Å². The first kappa shape index (κ1) is 19.7. The molecule has 2 saturated heterocycles. The third-order valence-corrected chi connectivity index (χ3v) is 7.15. The van der Waals surface area contributed by atoms with Crippen molar-refractivity contribution in [2.75, 3.05) is 19.7 Å². The Morgan fingerprint density at radius 3 is 2.80 bits per heavy atom. The molecule has 1 amide bonds. The third-order valence-electron chi connectivity index (χ3n) is 7.15. The molecule has 8 nitrogen and oxygen atoms in total. The van der Waals surface area contributed by atoms with Crippen LogP contribution in [0.25, 0.3) is 0 Å². The summed E-state index contributed by atoms with van der Waals surface area (Å²) in [5.41, 5.74) is 0.415. The molecule has 8 heteroatoms. The number of carbonyl (C=O) groups excluding carboxylic acids is 1. The van der Waals surface area contributed by atoms with Gasteiger partial charge in [0.25, 0.3) is 5.91 Å². The molecule has 1 saturated carbocycles. The molecular weight excluding hydrogens is 382 g/mol. The standard InChI is InChI=1S/C22H31N5O3/c1-2-27-10-6-18(24-27)21(28)26-11-8-22(9-12-26)15-16(7-13-29-22)14-19-23-20(30-25-19)17-4-3-5-17/h6,10,16-17H,2-5,7-9,11-15H2,1H3. The van der Waals surface area contributed by atoms with Crippen LogP contribution in [0, 0.1) is 5.92 Å². The van der Waals surface area contributed by atoms with Gasteiger partial charge in [0, 0.05) is 44.8 Å². The van der Waals surface area contributed by atoms with Crippen LogP contribution in [0.1, 0.15) is 80.0 Å². The fraction of sp³-hybridized carbons (Fsp3) is 0.727. The number of nitrogens with zero attached hydrogens (tertiary/aromatic N) is 5. The largest absolute Gasteiger partial charge is 0.375 e. The van der Waals surface area contributed by atoms with Gasteiger partial charge in [0.1, 0.15) is 5.69 Å². The van der Waals surface area contributed by atoms with Crippen LogP contribution in [0.15, 0.2) is 16.8 Å².